The number of aromatic hydroxyl groups is 1. The molecule has 1 aromatic carbocycles. The van der Waals surface area contributed by atoms with Crippen molar-refractivity contribution in [1.29, 1.82) is 0 Å². The van der Waals surface area contributed by atoms with Crippen molar-refractivity contribution in [3.8, 4) is 5.75 Å². The largest absolute Gasteiger partial charge is 0.506 e. The van der Waals surface area contributed by atoms with Gasteiger partial charge < -0.3 is 16.2 Å². The first kappa shape index (κ1) is 10.7. The molecule has 0 aliphatic heterocycles. The fraction of sp³-hybridized carbons (Fsp3) is 0.222. The van der Waals surface area contributed by atoms with Gasteiger partial charge in [-0.1, -0.05) is 0 Å². The lowest BCUT2D eigenvalue weighted by atomic mass is 10.2. The molecule has 0 aromatic heterocycles. The molecule has 1 rings (SSSR count). The van der Waals surface area contributed by atoms with Gasteiger partial charge in [-0.3, -0.25) is 4.79 Å². The average Bonchev–Trinajstić information content (AvgIpc) is 2.12. The lowest BCUT2D eigenvalue weighted by Gasteiger charge is -2.05. The minimum Gasteiger partial charge on any atom is -0.506 e. The number of alkyl halides is 1. The lowest BCUT2D eigenvalue weighted by Crippen LogP contribution is -2.11. The molecule has 0 radical (unpaired) electrons. The SMILES string of the molecule is Nc1cc(NC(=O)CCCl)ccc1O. The number of halogens is 1. The van der Waals surface area contributed by atoms with Gasteiger partial charge in [0.2, 0.25) is 5.91 Å². The van der Waals surface area contributed by atoms with Crippen LogP contribution in [0, 0.1) is 0 Å². The second-order valence-electron chi connectivity index (χ2n) is 2.76. The summed E-state index contributed by atoms with van der Waals surface area (Å²) in [6.45, 7) is 0. The Morgan fingerprint density at radius 3 is 2.86 bits per heavy atom. The fourth-order valence-corrected chi connectivity index (χ4v) is 1.11. The number of hydrogen-bond donors (Lipinski definition) is 3. The maximum Gasteiger partial charge on any atom is 0.225 e. The monoisotopic (exact) mass is 214 g/mol. The summed E-state index contributed by atoms with van der Waals surface area (Å²) in [5.41, 5.74) is 6.22. The first-order chi connectivity index (χ1) is 6.63. The van der Waals surface area contributed by atoms with Crippen LogP contribution >= 0.6 is 11.6 Å². The Hall–Kier alpha value is -1.42. The van der Waals surface area contributed by atoms with E-state index in [2.05, 4.69) is 5.32 Å². The molecule has 0 saturated heterocycles. The van der Waals surface area contributed by atoms with Crippen molar-refractivity contribution in [3.63, 3.8) is 0 Å². The van der Waals surface area contributed by atoms with Gasteiger partial charge in [-0.25, -0.2) is 0 Å². The molecule has 0 atom stereocenters. The molecular formula is C9H11ClN2O2. The van der Waals surface area contributed by atoms with Crippen LogP contribution in [-0.4, -0.2) is 16.9 Å². The molecule has 4 N–H and O–H groups in total. The summed E-state index contributed by atoms with van der Waals surface area (Å²) in [6, 6.07) is 4.48. The lowest BCUT2D eigenvalue weighted by molar-refractivity contribution is -0.115. The Bertz CT molecular complexity index is 342. The van der Waals surface area contributed by atoms with Crippen molar-refractivity contribution in [3.05, 3.63) is 18.2 Å². The Morgan fingerprint density at radius 1 is 1.57 bits per heavy atom. The van der Waals surface area contributed by atoms with Crippen molar-refractivity contribution >= 4 is 28.9 Å². The summed E-state index contributed by atoms with van der Waals surface area (Å²) < 4.78 is 0. The van der Waals surface area contributed by atoms with Gasteiger partial charge in [0.25, 0.3) is 0 Å². The minimum atomic E-state index is -0.176. The highest BCUT2D eigenvalue weighted by molar-refractivity contribution is 6.19. The van der Waals surface area contributed by atoms with Gasteiger partial charge in [0.05, 0.1) is 5.69 Å². The number of phenolic OH excluding ortho intramolecular Hbond substituents is 1. The quantitative estimate of drug-likeness (QED) is 0.309. The van der Waals surface area contributed by atoms with Crippen LogP contribution in [0.3, 0.4) is 0 Å². The van der Waals surface area contributed by atoms with Crippen LogP contribution in [-0.2, 0) is 4.79 Å². The van der Waals surface area contributed by atoms with Gasteiger partial charge in [-0.05, 0) is 18.2 Å². The molecule has 5 heteroatoms. The van der Waals surface area contributed by atoms with Gasteiger partial charge in [0.15, 0.2) is 0 Å². The number of anilines is 2. The first-order valence-electron chi connectivity index (χ1n) is 4.08. The van der Waals surface area contributed by atoms with Gasteiger partial charge in [-0.15, -0.1) is 11.6 Å². The molecule has 14 heavy (non-hydrogen) atoms. The summed E-state index contributed by atoms with van der Waals surface area (Å²) in [6.07, 6.45) is 0.252. The summed E-state index contributed by atoms with van der Waals surface area (Å²) in [7, 11) is 0. The van der Waals surface area contributed by atoms with E-state index in [0.717, 1.165) is 0 Å². The van der Waals surface area contributed by atoms with Gasteiger partial charge in [0.1, 0.15) is 5.75 Å². The number of hydrogen-bond acceptors (Lipinski definition) is 3. The van der Waals surface area contributed by atoms with E-state index in [-0.39, 0.29) is 29.6 Å². The highest BCUT2D eigenvalue weighted by Gasteiger charge is 2.03. The average molecular weight is 215 g/mol. The number of phenols is 1. The van der Waals surface area contributed by atoms with Gasteiger partial charge >= 0.3 is 0 Å². The molecule has 0 bridgehead atoms. The van der Waals surface area contributed by atoms with E-state index in [9.17, 15) is 4.79 Å². The Morgan fingerprint density at radius 2 is 2.29 bits per heavy atom. The molecule has 0 aliphatic rings. The number of carbonyl (C=O) groups excluding carboxylic acids is 1. The molecule has 76 valence electrons. The summed E-state index contributed by atoms with van der Waals surface area (Å²) in [5, 5.41) is 11.7. The first-order valence-corrected chi connectivity index (χ1v) is 4.61. The highest BCUT2D eigenvalue weighted by Crippen LogP contribution is 2.23. The zero-order valence-electron chi connectivity index (χ0n) is 7.46. The van der Waals surface area contributed by atoms with E-state index >= 15 is 0 Å². The van der Waals surface area contributed by atoms with Crippen molar-refractivity contribution < 1.29 is 9.90 Å². The van der Waals surface area contributed by atoms with Crippen molar-refractivity contribution in [1.82, 2.24) is 0 Å². The predicted octanol–water partition coefficient (Wildman–Crippen LogP) is 1.54. The molecule has 4 nitrogen and oxygen atoms in total. The van der Waals surface area contributed by atoms with Crippen molar-refractivity contribution in [2.24, 2.45) is 0 Å². The van der Waals surface area contributed by atoms with E-state index in [1.165, 1.54) is 12.1 Å². The summed E-state index contributed by atoms with van der Waals surface area (Å²) in [5.74, 6) is 0.102. The third kappa shape index (κ3) is 2.81. The number of carbonyl (C=O) groups is 1. The van der Waals surface area contributed by atoms with Crippen molar-refractivity contribution in [2.75, 3.05) is 16.9 Å². The Labute approximate surface area is 86.7 Å². The smallest absolute Gasteiger partial charge is 0.225 e. The van der Waals surface area contributed by atoms with E-state index in [0.29, 0.717) is 5.69 Å². The number of nitrogens with two attached hydrogens (primary N) is 1. The maximum atomic E-state index is 11.1. The molecule has 1 aromatic rings. The molecule has 1 amide bonds. The summed E-state index contributed by atoms with van der Waals surface area (Å²) in [4.78, 5) is 11.1. The molecule has 0 spiro atoms. The topological polar surface area (TPSA) is 75.3 Å². The number of benzene rings is 1. The molecular weight excluding hydrogens is 204 g/mol. The highest BCUT2D eigenvalue weighted by atomic mass is 35.5. The number of nitrogen functional groups attached to an aromatic ring is 1. The van der Waals surface area contributed by atoms with Crippen LogP contribution in [0.2, 0.25) is 0 Å². The third-order valence-corrected chi connectivity index (χ3v) is 1.82. The maximum absolute atomic E-state index is 11.1. The minimum absolute atomic E-state index is 0.000317. The third-order valence-electron chi connectivity index (χ3n) is 1.63. The standard InChI is InChI=1S/C9H11ClN2O2/c10-4-3-9(14)12-6-1-2-8(13)7(11)5-6/h1-2,5,13H,3-4,11H2,(H,12,14). The predicted molar refractivity (Wildman–Crippen MR) is 56.5 cm³/mol. The molecule has 0 saturated carbocycles. The van der Waals surface area contributed by atoms with E-state index in [1.54, 1.807) is 6.07 Å². The number of rotatable bonds is 3. The van der Waals surface area contributed by atoms with Crippen molar-refractivity contribution in [2.45, 2.75) is 6.42 Å². The normalized spacial score (nSPS) is 9.79. The second-order valence-corrected chi connectivity index (χ2v) is 3.14. The van der Waals surface area contributed by atoms with Crippen LogP contribution in [0.4, 0.5) is 11.4 Å². The van der Waals surface area contributed by atoms with Gasteiger partial charge in [0, 0.05) is 18.0 Å². The zero-order valence-corrected chi connectivity index (χ0v) is 8.21. The number of nitrogens with one attached hydrogen (secondary N) is 1. The molecule has 0 unspecified atom stereocenters. The van der Waals surface area contributed by atoms with Crippen LogP contribution in [0.25, 0.3) is 0 Å². The molecule has 0 heterocycles. The van der Waals surface area contributed by atoms with Gasteiger partial charge in [-0.2, -0.15) is 0 Å². The van der Waals surface area contributed by atoms with E-state index < -0.39 is 0 Å². The zero-order chi connectivity index (χ0) is 10.6. The molecule has 0 aliphatic carbocycles. The Balaban J connectivity index is 2.68. The van der Waals surface area contributed by atoms with Crippen LogP contribution in [0.15, 0.2) is 18.2 Å². The number of amides is 1. The molecule has 0 fully saturated rings. The van der Waals surface area contributed by atoms with E-state index in [4.69, 9.17) is 22.4 Å². The Kier molecular flexibility index (Phi) is 3.59. The summed E-state index contributed by atoms with van der Waals surface area (Å²) >= 11 is 5.39. The van der Waals surface area contributed by atoms with Crippen LogP contribution < -0.4 is 11.1 Å². The van der Waals surface area contributed by atoms with Crippen LogP contribution in [0.5, 0.6) is 5.75 Å². The van der Waals surface area contributed by atoms with E-state index in [1.807, 2.05) is 0 Å². The fourth-order valence-electron chi connectivity index (χ4n) is 0.942. The van der Waals surface area contributed by atoms with Crippen LogP contribution in [0.1, 0.15) is 6.42 Å². The second kappa shape index (κ2) is 4.72.